The molecule has 0 fully saturated rings. The Labute approximate surface area is 103 Å². The third kappa shape index (κ3) is 1.71. The fourth-order valence-electron chi connectivity index (χ4n) is 2.00. The first-order valence-electron chi connectivity index (χ1n) is 5.27. The predicted molar refractivity (Wildman–Crippen MR) is 68.7 cm³/mol. The van der Waals surface area contributed by atoms with Crippen molar-refractivity contribution in [2.45, 2.75) is 0 Å². The largest absolute Gasteiger partial charge is 0.361 e. The number of aromatic nitrogens is 1. The van der Waals surface area contributed by atoms with Gasteiger partial charge in [0.2, 0.25) is 0 Å². The SMILES string of the molecule is Fc1ccccc1-c1c[nH]c2ccc(Cl)cc12. The molecule has 3 heteroatoms. The minimum absolute atomic E-state index is 0.228. The maximum absolute atomic E-state index is 13.7. The second kappa shape index (κ2) is 3.90. The van der Waals surface area contributed by atoms with Gasteiger partial charge in [-0.25, -0.2) is 4.39 Å². The highest BCUT2D eigenvalue weighted by molar-refractivity contribution is 6.31. The maximum Gasteiger partial charge on any atom is 0.131 e. The molecule has 0 aliphatic carbocycles. The first-order valence-corrected chi connectivity index (χ1v) is 5.65. The molecule has 0 bridgehead atoms. The van der Waals surface area contributed by atoms with Crippen molar-refractivity contribution in [2.24, 2.45) is 0 Å². The van der Waals surface area contributed by atoms with Crippen molar-refractivity contribution in [3.63, 3.8) is 0 Å². The summed E-state index contributed by atoms with van der Waals surface area (Å²) in [5.74, 6) is -0.228. The van der Waals surface area contributed by atoms with Crippen LogP contribution in [0.25, 0.3) is 22.0 Å². The van der Waals surface area contributed by atoms with Crippen LogP contribution in [0.2, 0.25) is 5.02 Å². The molecule has 1 heterocycles. The van der Waals surface area contributed by atoms with E-state index < -0.39 is 0 Å². The summed E-state index contributed by atoms with van der Waals surface area (Å²) >= 11 is 5.97. The summed E-state index contributed by atoms with van der Waals surface area (Å²) in [5.41, 5.74) is 2.37. The van der Waals surface area contributed by atoms with E-state index in [1.807, 2.05) is 24.3 Å². The number of halogens is 2. The molecule has 17 heavy (non-hydrogen) atoms. The molecule has 84 valence electrons. The lowest BCUT2D eigenvalue weighted by Gasteiger charge is -2.01. The Hall–Kier alpha value is -1.80. The van der Waals surface area contributed by atoms with Crippen LogP contribution in [0.4, 0.5) is 4.39 Å². The molecular formula is C14H9ClFN. The van der Waals surface area contributed by atoms with E-state index in [1.165, 1.54) is 6.07 Å². The zero-order valence-electron chi connectivity index (χ0n) is 8.87. The third-order valence-corrected chi connectivity index (χ3v) is 3.04. The van der Waals surface area contributed by atoms with E-state index in [0.717, 1.165) is 16.5 Å². The van der Waals surface area contributed by atoms with Gasteiger partial charge in [0.25, 0.3) is 0 Å². The van der Waals surface area contributed by atoms with Crippen LogP contribution in [-0.2, 0) is 0 Å². The summed E-state index contributed by atoms with van der Waals surface area (Å²) < 4.78 is 13.7. The van der Waals surface area contributed by atoms with Gasteiger partial charge >= 0.3 is 0 Å². The fourth-order valence-corrected chi connectivity index (χ4v) is 2.17. The number of H-pyrrole nitrogens is 1. The number of benzene rings is 2. The molecule has 0 aliphatic rings. The monoisotopic (exact) mass is 245 g/mol. The second-order valence-corrected chi connectivity index (χ2v) is 4.31. The number of rotatable bonds is 1. The molecule has 0 atom stereocenters. The molecule has 0 saturated heterocycles. The summed E-state index contributed by atoms with van der Waals surface area (Å²) in [6, 6.07) is 12.3. The summed E-state index contributed by atoms with van der Waals surface area (Å²) in [4.78, 5) is 3.12. The third-order valence-electron chi connectivity index (χ3n) is 2.81. The molecule has 1 nitrogen and oxygen atoms in total. The Kier molecular flexibility index (Phi) is 2.37. The van der Waals surface area contributed by atoms with Crippen LogP contribution in [0, 0.1) is 5.82 Å². The van der Waals surface area contributed by atoms with Gasteiger partial charge < -0.3 is 4.98 Å². The molecule has 0 spiro atoms. The van der Waals surface area contributed by atoms with Crippen molar-refractivity contribution >= 4 is 22.5 Å². The lowest BCUT2D eigenvalue weighted by molar-refractivity contribution is 0.631. The zero-order valence-corrected chi connectivity index (χ0v) is 9.63. The molecule has 0 amide bonds. The Morgan fingerprint density at radius 2 is 1.82 bits per heavy atom. The lowest BCUT2D eigenvalue weighted by Crippen LogP contribution is -1.81. The van der Waals surface area contributed by atoms with E-state index in [0.29, 0.717) is 10.6 Å². The van der Waals surface area contributed by atoms with Gasteiger partial charge in [-0.2, -0.15) is 0 Å². The Morgan fingerprint density at radius 3 is 2.65 bits per heavy atom. The van der Waals surface area contributed by atoms with Gasteiger partial charge in [0.15, 0.2) is 0 Å². The van der Waals surface area contributed by atoms with Gasteiger partial charge in [-0.1, -0.05) is 29.8 Å². The van der Waals surface area contributed by atoms with Gasteiger partial charge in [0.05, 0.1) is 0 Å². The molecule has 1 aromatic heterocycles. The van der Waals surface area contributed by atoms with Gasteiger partial charge in [-0.15, -0.1) is 0 Å². The number of hydrogen-bond donors (Lipinski definition) is 1. The Balaban J connectivity index is 2.31. The highest BCUT2D eigenvalue weighted by Gasteiger charge is 2.09. The molecule has 3 rings (SSSR count). The van der Waals surface area contributed by atoms with Crippen molar-refractivity contribution in [1.82, 2.24) is 4.98 Å². The van der Waals surface area contributed by atoms with Crippen molar-refractivity contribution in [2.75, 3.05) is 0 Å². The molecule has 0 radical (unpaired) electrons. The zero-order chi connectivity index (χ0) is 11.8. The predicted octanol–water partition coefficient (Wildman–Crippen LogP) is 4.63. The molecule has 0 unspecified atom stereocenters. The number of hydrogen-bond acceptors (Lipinski definition) is 0. The van der Waals surface area contributed by atoms with E-state index in [-0.39, 0.29) is 5.82 Å². The second-order valence-electron chi connectivity index (χ2n) is 3.87. The first-order chi connectivity index (χ1) is 8.25. The molecule has 0 saturated carbocycles. The van der Waals surface area contributed by atoms with Gasteiger partial charge in [-0.05, 0) is 24.3 Å². The van der Waals surface area contributed by atoms with Crippen LogP contribution >= 0.6 is 11.6 Å². The lowest BCUT2D eigenvalue weighted by atomic mass is 10.0. The van der Waals surface area contributed by atoms with E-state index in [1.54, 1.807) is 18.3 Å². The van der Waals surface area contributed by atoms with Gasteiger partial charge in [-0.3, -0.25) is 0 Å². The first kappa shape index (κ1) is 10.4. The van der Waals surface area contributed by atoms with Crippen molar-refractivity contribution < 1.29 is 4.39 Å². The summed E-state index contributed by atoms with van der Waals surface area (Å²) in [7, 11) is 0. The van der Waals surface area contributed by atoms with Crippen LogP contribution in [0.1, 0.15) is 0 Å². The van der Waals surface area contributed by atoms with Crippen molar-refractivity contribution in [3.8, 4) is 11.1 Å². The van der Waals surface area contributed by atoms with E-state index in [9.17, 15) is 4.39 Å². The number of aromatic amines is 1. The topological polar surface area (TPSA) is 15.8 Å². The quantitative estimate of drug-likeness (QED) is 0.644. The van der Waals surface area contributed by atoms with Crippen LogP contribution in [0.3, 0.4) is 0 Å². The minimum atomic E-state index is -0.228. The summed E-state index contributed by atoms with van der Waals surface area (Å²) in [6.45, 7) is 0. The van der Waals surface area contributed by atoms with E-state index in [2.05, 4.69) is 4.98 Å². The van der Waals surface area contributed by atoms with Crippen molar-refractivity contribution in [1.29, 1.82) is 0 Å². The number of fused-ring (bicyclic) bond motifs is 1. The summed E-state index contributed by atoms with van der Waals surface area (Å²) in [5, 5.41) is 1.58. The maximum atomic E-state index is 13.7. The van der Waals surface area contributed by atoms with Crippen LogP contribution < -0.4 is 0 Å². The highest BCUT2D eigenvalue weighted by Crippen LogP contribution is 2.31. The van der Waals surface area contributed by atoms with E-state index in [4.69, 9.17) is 11.6 Å². The van der Waals surface area contributed by atoms with Gasteiger partial charge in [0.1, 0.15) is 5.82 Å². The average Bonchev–Trinajstić information content (AvgIpc) is 2.72. The van der Waals surface area contributed by atoms with Crippen LogP contribution in [0.15, 0.2) is 48.7 Å². The summed E-state index contributed by atoms with van der Waals surface area (Å²) in [6.07, 6.45) is 1.80. The Morgan fingerprint density at radius 1 is 1.00 bits per heavy atom. The van der Waals surface area contributed by atoms with Crippen LogP contribution in [-0.4, -0.2) is 4.98 Å². The molecule has 2 aromatic carbocycles. The fraction of sp³-hybridized carbons (Fsp3) is 0. The highest BCUT2D eigenvalue weighted by atomic mass is 35.5. The molecular weight excluding hydrogens is 237 g/mol. The molecule has 1 N–H and O–H groups in total. The minimum Gasteiger partial charge on any atom is -0.361 e. The average molecular weight is 246 g/mol. The van der Waals surface area contributed by atoms with Crippen molar-refractivity contribution in [3.05, 3.63) is 59.5 Å². The Bertz CT molecular complexity index is 688. The van der Waals surface area contributed by atoms with Gasteiger partial charge in [0, 0.05) is 33.2 Å². The van der Waals surface area contributed by atoms with Crippen LogP contribution in [0.5, 0.6) is 0 Å². The standard InChI is InChI=1S/C14H9ClFN/c15-9-5-6-14-11(7-9)12(8-17-14)10-3-1-2-4-13(10)16/h1-8,17H. The van der Waals surface area contributed by atoms with E-state index >= 15 is 0 Å². The normalized spacial score (nSPS) is 10.9. The molecule has 0 aliphatic heterocycles. The number of nitrogens with one attached hydrogen (secondary N) is 1. The smallest absolute Gasteiger partial charge is 0.131 e. The molecule has 3 aromatic rings.